The SMILES string of the molecule is O=C(NCC1(CBr)CCCCC1)c1cc(F)ccc1Br. The second-order valence-corrected chi connectivity index (χ2v) is 6.92. The van der Waals surface area contributed by atoms with E-state index in [1.54, 1.807) is 6.07 Å². The Morgan fingerprint density at radius 3 is 2.65 bits per heavy atom. The zero-order chi connectivity index (χ0) is 14.6. The van der Waals surface area contributed by atoms with Gasteiger partial charge in [-0.2, -0.15) is 0 Å². The van der Waals surface area contributed by atoms with Crippen molar-refractivity contribution in [2.75, 3.05) is 11.9 Å². The van der Waals surface area contributed by atoms with Crippen LogP contribution in [-0.4, -0.2) is 17.8 Å². The van der Waals surface area contributed by atoms with Crippen molar-refractivity contribution in [3.8, 4) is 0 Å². The number of rotatable bonds is 4. The number of hydrogen-bond donors (Lipinski definition) is 1. The van der Waals surface area contributed by atoms with E-state index < -0.39 is 5.82 Å². The molecule has 110 valence electrons. The van der Waals surface area contributed by atoms with Crippen LogP contribution in [0.15, 0.2) is 22.7 Å². The van der Waals surface area contributed by atoms with E-state index in [9.17, 15) is 9.18 Å². The molecule has 0 heterocycles. The summed E-state index contributed by atoms with van der Waals surface area (Å²) in [5.74, 6) is -0.617. The maximum absolute atomic E-state index is 13.2. The van der Waals surface area contributed by atoms with Crippen molar-refractivity contribution in [2.24, 2.45) is 5.41 Å². The molecule has 1 aromatic rings. The predicted octanol–water partition coefficient (Wildman–Crippen LogP) is 4.66. The molecule has 1 saturated carbocycles. The molecule has 0 aliphatic heterocycles. The molecule has 2 nitrogen and oxygen atoms in total. The van der Waals surface area contributed by atoms with Gasteiger partial charge < -0.3 is 5.32 Å². The molecule has 0 unspecified atom stereocenters. The summed E-state index contributed by atoms with van der Waals surface area (Å²) >= 11 is 6.87. The minimum Gasteiger partial charge on any atom is -0.351 e. The van der Waals surface area contributed by atoms with Crippen molar-refractivity contribution in [3.63, 3.8) is 0 Å². The highest BCUT2D eigenvalue weighted by Crippen LogP contribution is 2.37. The molecular formula is C15H18Br2FNO. The van der Waals surface area contributed by atoms with E-state index in [1.807, 2.05) is 0 Å². The van der Waals surface area contributed by atoms with Crippen LogP contribution in [0.1, 0.15) is 42.5 Å². The summed E-state index contributed by atoms with van der Waals surface area (Å²) in [6.45, 7) is 0.639. The zero-order valence-electron chi connectivity index (χ0n) is 11.2. The van der Waals surface area contributed by atoms with Crippen molar-refractivity contribution >= 4 is 37.8 Å². The summed E-state index contributed by atoms with van der Waals surface area (Å²) in [5.41, 5.74) is 0.499. The second kappa shape index (κ2) is 7.03. The van der Waals surface area contributed by atoms with Crippen LogP contribution in [-0.2, 0) is 0 Å². The summed E-state index contributed by atoms with van der Waals surface area (Å²) in [6.07, 6.45) is 5.96. The molecule has 1 aromatic carbocycles. The molecule has 1 aliphatic rings. The first-order chi connectivity index (χ1) is 9.56. The Balaban J connectivity index is 2.02. The van der Waals surface area contributed by atoms with Crippen LogP contribution in [0.4, 0.5) is 4.39 Å². The quantitative estimate of drug-likeness (QED) is 0.723. The molecule has 0 bridgehead atoms. The first-order valence-corrected chi connectivity index (χ1v) is 8.77. The molecule has 5 heteroatoms. The van der Waals surface area contributed by atoms with Crippen LogP contribution in [0.5, 0.6) is 0 Å². The van der Waals surface area contributed by atoms with Gasteiger partial charge in [0.2, 0.25) is 0 Å². The molecule has 0 atom stereocenters. The molecule has 1 fully saturated rings. The van der Waals surface area contributed by atoms with Gasteiger partial charge in [0.15, 0.2) is 0 Å². The standard InChI is InChI=1S/C15H18Br2FNO/c16-9-15(6-2-1-3-7-15)10-19-14(20)12-8-11(18)4-5-13(12)17/h4-5,8H,1-3,6-7,9-10H2,(H,19,20). The monoisotopic (exact) mass is 405 g/mol. The Hall–Kier alpha value is -0.420. The molecule has 0 spiro atoms. The van der Waals surface area contributed by atoms with Crippen molar-refractivity contribution in [2.45, 2.75) is 32.1 Å². The molecular weight excluding hydrogens is 389 g/mol. The highest BCUT2D eigenvalue weighted by molar-refractivity contribution is 9.10. The van der Waals surface area contributed by atoms with Gasteiger partial charge in [0.05, 0.1) is 5.56 Å². The topological polar surface area (TPSA) is 29.1 Å². The van der Waals surface area contributed by atoms with E-state index in [0.717, 1.165) is 18.2 Å². The summed E-state index contributed by atoms with van der Waals surface area (Å²) < 4.78 is 13.9. The van der Waals surface area contributed by atoms with Crippen LogP contribution in [0.2, 0.25) is 0 Å². The molecule has 20 heavy (non-hydrogen) atoms. The first kappa shape index (κ1) is 16.0. The fourth-order valence-electron chi connectivity index (χ4n) is 2.69. The molecule has 1 N–H and O–H groups in total. The van der Waals surface area contributed by atoms with Crippen molar-refractivity contribution in [3.05, 3.63) is 34.1 Å². The summed E-state index contributed by atoms with van der Waals surface area (Å²) in [6, 6.07) is 4.16. The molecule has 1 aliphatic carbocycles. The van der Waals surface area contributed by atoms with Crippen LogP contribution in [0, 0.1) is 11.2 Å². The Labute approximate surface area is 135 Å². The molecule has 0 saturated heterocycles. The van der Waals surface area contributed by atoms with Gasteiger partial charge in [-0.05, 0) is 52.4 Å². The molecule has 1 amide bonds. The average Bonchev–Trinajstić information content (AvgIpc) is 2.48. The van der Waals surface area contributed by atoms with E-state index in [2.05, 4.69) is 37.2 Å². The zero-order valence-corrected chi connectivity index (χ0v) is 14.4. The van der Waals surface area contributed by atoms with Gasteiger partial charge in [0.1, 0.15) is 5.82 Å². The van der Waals surface area contributed by atoms with Crippen LogP contribution in [0.25, 0.3) is 0 Å². The lowest BCUT2D eigenvalue weighted by molar-refractivity contribution is 0.0920. The van der Waals surface area contributed by atoms with Gasteiger partial charge in [-0.1, -0.05) is 35.2 Å². The van der Waals surface area contributed by atoms with E-state index in [1.165, 1.54) is 31.4 Å². The highest BCUT2D eigenvalue weighted by Gasteiger charge is 2.31. The van der Waals surface area contributed by atoms with Gasteiger partial charge >= 0.3 is 0 Å². The number of carbonyl (C=O) groups excluding carboxylic acids is 1. The number of nitrogens with one attached hydrogen (secondary N) is 1. The maximum atomic E-state index is 13.2. The lowest BCUT2D eigenvalue weighted by Gasteiger charge is -2.35. The third kappa shape index (κ3) is 3.82. The Morgan fingerprint density at radius 1 is 1.30 bits per heavy atom. The number of amides is 1. The Kier molecular flexibility index (Phi) is 5.61. The van der Waals surface area contributed by atoms with Gasteiger partial charge in [-0.15, -0.1) is 0 Å². The molecule has 0 radical (unpaired) electrons. The molecule has 0 aromatic heterocycles. The number of hydrogen-bond acceptors (Lipinski definition) is 1. The van der Waals surface area contributed by atoms with Crippen molar-refractivity contribution < 1.29 is 9.18 Å². The van der Waals surface area contributed by atoms with Crippen LogP contribution < -0.4 is 5.32 Å². The Morgan fingerprint density at radius 2 is 2.00 bits per heavy atom. The van der Waals surface area contributed by atoms with Gasteiger partial charge in [-0.25, -0.2) is 4.39 Å². The van der Waals surface area contributed by atoms with Crippen LogP contribution >= 0.6 is 31.9 Å². The largest absolute Gasteiger partial charge is 0.351 e. The van der Waals surface area contributed by atoms with E-state index >= 15 is 0 Å². The third-order valence-electron chi connectivity index (χ3n) is 3.99. The minimum absolute atomic E-state index is 0.147. The third-order valence-corrected chi connectivity index (χ3v) is 5.88. The minimum atomic E-state index is -0.397. The lowest BCUT2D eigenvalue weighted by atomic mass is 9.75. The second-order valence-electron chi connectivity index (χ2n) is 5.50. The van der Waals surface area contributed by atoms with Gasteiger partial charge in [-0.3, -0.25) is 4.79 Å². The van der Waals surface area contributed by atoms with Crippen molar-refractivity contribution in [1.82, 2.24) is 5.32 Å². The van der Waals surface area contributed by atoms with Gasteiger partial charge in [0.25, 0.3) is 5.91 Å². The summed E-state index contributed by atoms with van der Waals surface area (Å²) in [7, 11) is 0. The Bertz CT molecular complexity index is 487. The summed E-state index contributed by atoms with van der Waals surface area (Å²) in [5, 5.41) is 3.86. The smallest absolute Gasteiger partial charge is 0.252 e. The maximum Gasteiger partial charge on any atom is 0.252 e. The van der Waals surface area contributed by atoms with E-state index in [-0.39, 0.29) is 11.3 Å². The normalized spacial score (nSPS) is 17.8. The number of halogens is 3. The average molecular weight is 407 g/mol. The van der Waals surface area contributed by atoms with E-state index in [4.69, 9.17) is 0 Å². The number of carbonyl (C=O) groups is 1. The highest BCUT2D eigenvalue weighted by atomic mass is 79.9. The predicted molar refractivity (Wildman–Crippen MR) is 85.7 cm³/mol. The molecule has 2 rings (SSSR count). The van der Waals surface area contributed by atoms with Gasteiger partial charge in [0, 0.05) is 16.3 Å². The fourth-order valence-corrected chi connectivity index (χ4v) is 3.88. The summed E-state index contributed by atoms with van der Waals surface area (Å²) in [4.78, 5) is 12.2. The number of alkyl halides is 1. The lowest BCUT2D eigenvalue weighted by Crippen LogP contribution is -2.40. The van der Waals surface area contributed by atoms with E-state index in [0.29, 0.717) is 16.6 Å². The fraction of sp³-hybridized carbons (Fsp3) is 0.533. The van der Waals surface area contributed by atoms with Crippen LogP contribution in [0.3, 0.4) is 0 Å². The number of benzene rings is 1. The first-order valence-electron chi connectivity index (χ1n) is 6.86. The van der Waals surface area contributed by atoms with Crippen molar-refractivity contribution in [1.29, 1.82) is 0 Å².